The number of nitrogens with one attached hydrogen (secondary N) is 1. The van der Waals surface area contributed by atoms with Crippen molar-refractivity contribution >= 4 is 5.97 Å². The van der Waals surface area contributed by atoms with Crippen molar-refractivity contribution in [2.75, 3.05) is 19.8 Å². The zero-order valence-electron chi connectivity index (χ0n) is 12.9. The maximum absolute atomic E-state index is 11.1. The average Bonchev–Trinajstić information content (AvgIpc) is 2.40. The normalized spacial score (nSPS) is 21.9. The minimum Gasteiger partial charge on any atom is -0.480 e. The van der Waals surface area contributed by atoms with Crippen LogP contribution < -0.4 is 11.1 Å². The summed E-state index contributed by atoms with van der Waals surface area (Å²) in [5.74, 6) is -0.974. The molecule has 1 aliphatic rings. The Labute approximate surface area is 125 Å². The summed E-state index contributed by atoms with van der Waals surface area (Å²) in [6.07, 6.45) is 0.637. The predicted octanol–water partition coefficient (Wildman–Crippen LogP) is 0.266. The molecule has 0 amide bonds. The Bertz CT molecular complexity index is 314. The largest absolute Gasteiger partial charge is 0.480 e. The SMILES string of the molecule is CC1(C)COC(CC(O)N[C@@H](CCCCN)C(=O)O)OC1. The van der Waals surface area contributed by atoms with Gasteiger partial charge in [-0.3, -0.25) is 10.1 Å². The molecule has 0 saturated carbocycles. The van der Waals surface area contributed by atoms with E-state index < -0.39 is 24.5 Å². The van der Waals surface area contributed by atoms with Gasteiger partial charge < -0.3 is 25.4 Å². The molecule has 0 aromatic rings. The fourth-order valence-corrected chi connectivity index (χ4v) is 2.12. The first kappa shape index (κ1) is 18.3. The van der Waals surface area contributed by atoms with E-state index in [1.54, 1.807) is 0 Å². The van der Waals surface area contributed by atoms with Gasteiger partial charge in [-0.25, -0.2) is 0 Å². The maximum atomic E-state index is 11.1. The van der Waals surface area contributed by atoms with Crippen LogP contribution in [0.5, 0.6) is 0 Å². The van der Waals surface area contributed by atoms with Crippen molar-refractivity contribution in [3.63, 3.8) is 0 Å². The summed E-state index contributed by atoms with van der Waals surface area (Å²) in [6.45, 7) is 5.73. The molecule has 2 atom stereocenters. The first-order chi connectivity index (χ1) is 9.84. The Morgan fingerprint density at radius 2 is 2.00 bits per heavy atom. The third-order valence-electron chi connectivity index (χ3n) is 3.37. The third kappa shape index (κ3) is 7.19. The van der Waals surface area contributed by atoms with Crippen LogP contribution in [0, 0.1) is 5.41 Å². The van der Waals surface area contributed by atoms with Crippen molar-refractivity contribution in [3.8, 4) is 0 Å². The Balaban J connectivity index is 2.33. The topological polar surface area (TPSA) is 114 Å². The molecule has 0 spiro atoms. The summed E-state index contributed by atoms with van der Waals surface area (Å²) in [4.78, 5) is 11.1. The van der Waals surface area contributed by atoms with E-state index in [9.17, 15) is 9.90 Å². The molecule has 1 fully saturated rings. The van der Waals surface area contributed by atoms with Gasteiger partial charge in [0.25, 0.3) is 0 Å². The molecular weight excluding hydrogens is 276 g/mol. The van der Waals surface area contributed by atoms with E-state index in [1.165, 1.54) is 0 Å². The Hall–Kier alpha value is -0.730. The molecule has 7 heteroatoms. The summed E-state index contributed by atoms with van der Waals surface area (Å²) in [7, 11) is 0. The number of unbranched alkanes of at least 4 members (excludes halogenated alkanes) is 1. The molecule has 0 radical (unpaired) electrons. The van der Waals surface area contributed by atoms with Gasteiger partial charge in [0.2, 0.25) is 0 Å². The number of aliphatic carboxylic acids is 1. The van der Waals surface area contributed by atoms with Gasteiger partial charge >= 0.3 is 5.97 Å². The Morgan fingerprint density at radius 1 is 1.38 bits per heavy atom. The highest BCUT2D eigenvalue weighted by Gasteiger charge is 2.30. The van der Waals surface area contributed by atoms with Gasteiger partial charge in [0, 0.05) is 11.8 Å². The first-order valence-electron chi connectivity index (χ1n) is 7.44. The van der Waals surface area contributed by atoms with Crippen LogP contribution in [0.2, 0.25) is 0 Å². The fourth-order valence-electron chi connectivity index (χ4n) is 2.12. The summed E-state index contributed by atoms with van der Waals surface area (Å²) >= 11 is 0. The van der Waals surface area contributed by atoms with Gasteiger partial charge in [0.05, 0.1) is 13.2 Å². The molecule has 0 aliphatic carbocycles. The molecular formula is C14H28N2O5. The van der Waals surface area contributed by atoms with Gasteiger partial charge in [0.1, 0.15) is 12.3 Å². The lowest BCUT2D eigenvalue weighted by molar-refractivity contribution is -0.232. The van der Waals surface area contributed by atoms with E-state index in [4.69, 9.17) is 20.3 Å². The average molecular weight is 304 g/mol. The second-order valence-electron chi connectivity index (χ2n) is 6.31. The van der Waals surface area contributed by atoms with Crippen LogP contribution in [0.1, 0.15) is 39.5 Å². The molecule has 0 aromatic carbocycles. The highest BCUT2D eigenvalue weighted by atomic mass is 16.7. The quantitative estimate of drug-likeness (QED) is 0.357. The molecule has 1 heterocycles. The number of carboxylic acid groups (broad SMARTS) is 1. The van der Waals surface area contributed by atoms with Gasteiger partial charge in [-0.15, -0.1) is 0 Å². The summed E-state index contributed by atoms with van der Waals surface area (Å²) in [6, 6.07) is -0.786. The van der Waals surface area contributed by atoms with E-state index in [2.05, 4.69) is 5.32 Å². The molecule has 1 rings (SSSR count). The lowest BCUT2D eigenvalue weighted by Gasteiger charge is -2.35. The lowest BCUT2D eigenvalue weighted by Crippen LogP contribution is -2.47. The van der Waals surface area contributed by atoms with Crippen molar-refractivity contribution in [3.05, 3.63) is 0 Å². The summed E-state index contributed by atoms with van der Waals surface area (Å²) in [5.41, 5.74) is 5.36. The first-order valence-corrected chi connectivity index (χ1v) is 7.44. The smallest absolute Gasteiger partial charge is 0.320 e. The molecule has 5 N–H and O–H groups in total. The predicted molar refractivity (Wildman–Crippen MR) is 77.6 cm³/mol. The monoisotopic (exact) mass is 304 g/mol. The highest BCUT2D eigenvalue weighted by molar-refractivity contribution is 5.73. The van der Waals surface area contributed by atoms with Crippen LogP contribution in [0.25, 0.3) is 0 Å². The zero-order chi connectivity index (χ0) is 15.9. The van der Waals surface area contributed by atoms with Crippen molar-refractivity contribution in [1.82, 2.24) is 5.32 Å². The lowest BCUT2D eigenvalue weighted by atomic mass is 9.95. The van der Waals surface area contributed by atoms with Crippen LogP contribution in [-0.4, -0.2) is 54.5 Å². The second kappa shape index (κ2) is 8.65. The number of nitrogens with two attached hydrogens (primary N) is 1. The van der Waals surface area contributed by atoms with Crippen LogP contribution in [-0.2, 0) is 14.3 Å². The van der Waals surface area contributed by atoms with Gasteiger partial charge in [-0.1, -0.05) is 20.3 Å². The molecule has 1 unspecified atom stereocenters. The van der Waals surface area contributed by atoms with Crippen molar-refractivity contribution in [2.45, 2.75) is 58.1 Å². The van der Waals surface area contributed by atoms with E-state index in [-0.39, 0.29) is 11.8 Å². The number of rotatable bonds is 9. The van der Waals surface area contributed by atoms with Gasteiger partial charge in [0.15, 0.2) is 6.29 Å². The fraction of sp³-hybridized carbons (Fsp3) is 0.929. The third-order valence-corrected chi connectivity index (χ3v) is 3.37. The Morgan fingerprint density at radius 3 is 2.52 bits per heavy atom. The summed E-state index contributed by atoms with van der Waals surface area (Å²) in [5, 5.41) is 21.8. The molecule has 0 aromatic heterocycles. The molecule has 0 bridgehead atoms. The maximum Gasteiger partial charge on any atom is 0.320 e. The minimum atomic E-state index is -0.977. The van der Waals surface area contributed by atoms with Crippen molar-refractivity contribution in [2.24, 2.45) is 11.1 Å². The number of hydrogen-bond donors (Lipinski definition) is 4. The van der Waals surface area contributed by atoms with Gasteiger partial charge in [-0.2, -0.15) is 0 Å². The molecule has 21 heavy (non-hydrogen) atoms. The van der Waals surface area contributed by atoms with Gasteiger partial charge in [-0.05, 0) is 19.4 Å². The molecule has 7 nitrogen and oxygen atoms in total. The molecule has 124 valence electrons. The number of carbonyl (C=O) groups is 1. The number of hydrogen-bond acceptors (Lipinski definition) is 6. The summed E-state index contributed by atoms with van der Waals surface area (Å²) < 4.78 is 11.0. The highest BCUT2D eigenvalue weighted by Crippen LogP contribution is 2.24. The van der Waals surface area contributed by atoms with Crippen LogP contribution >= 0.6 is 0 Å². The van der Waals surface area contributed by atoms with E-state index in [0.29, 0.717) is 32.6 Å². The zero-order valence-corrected chi connectivity index (χ0v) is 12.9. The van der Waals surface area contributed by atoms with Crippen molar-refractivity contribution in [1.29, 1.82) is 0 Å². The second-order valence-corrected chi connectivity index (χ2v) is 6.31. The molecule has 1 saturated heterocycles. The number of aliphatic hydroxyl groups excluding tert-OH is 1. The van der Waals surface area contributed by atoms with E-state index in [0.717, 1.165) is 6.42 Å². The number of carboxylic acids is 1. The van der Waals surface area contributed by atoms with Crippen LogP contribution in [0.4, 0.5) is 0 Å². The van der Waals surface area contributed by atoms with Crippen LogP contribution in [0.3, 0.4) is 0 Å². The van der Waals surface area contributed by atoms with Crippen LogP contribution in [0.15, 0.2) is 0 Å². The standard InChI is InChI=1S/C14H28N2O5/c1-14(2)8-20-12(21-9-14)7-11(17)16-10(13(18)19)5-3-4-6-15/h10-12,16-17H,3-9,15H2,1-2H3,(H,18,19)/t10-,11?/m0/s1. The molecule has 1 aliphatic heterocycles. The minimum absolute atomic E-state index is 0.0271. The Kier molecular flexibility index (Phi) is 7.55. The number of aliphatic hydroxyl groups is 1. The van der Waals surface area contributed by atoms with E-state index in [1.807, 2.05) is 13.8 Å². The number of ether oxygens (including phenoxy) is 2. The van der Waals surface area contributed by atoms with Crippen molar-refractivity contribution < 1.29 is 24.5 Å². The van der Waals surface area contributed by atoms with E-state index >= 15 is 0 Å².